The van der Waals surface area contributed by atoms with E-state index in [0.717, 1.165) is 17.3 Å². The third kappa shape index (κ3) is 2.18. The number of hydrogen-bond acceptors (Lipinski definition) is 5. The van der Waals surface area contributed by atoms with Crippen molar-refractivity contribution in [3.8, 4) is 0 Å². The SMILES string of the molecule is Clc1nsnc1NCc1ccncc1. The maximum absolute atomic E-state index is 5.77. The lowest BCUT2D eigenvalue weighted by molar-refractivity contribution is 1.11. The van der Waals surface area contributed by atoms with Crippen molar-refractivity contribution in [2.75, 3.05) is 5.32 Å². The highest BCUT2D eigenvalue weighted by molar-refractivity contribution is 6.99. The first-order chi connectivity index (χ1) is 6.86. The highest BCUT2D eigenvalue weighted by atomic mass is 35.5. The van der Waals surface area contributed by atoms with Gasteiger partial charge in [-0.15, -0.1) is 0 Å². The van der Waals surface area contributed by atoms with E-state index in [9.17, 15) is 0 Å². The van der Waals surface area contributed by atoms with E-state index in [4.69, 9.17) is 11.6 Å². The van der Waals surface area contributed by atoms with Crippen LogP contribution < -0.4 is 5.32 Å². The third-order valence-electron chi connectivity index (χ3n) is 1.66. The Morgan fingerprint density at radius 2 is 2.07 bits per heavy atom. The van der Waals surface area contributed by atoms with Crippen molar-refractivity contribution in [2.24, 2.45) is 0 Å². The van der Waals surface area contributed by atoms with E-state index < -0.39 is 0 Å². The Labute approximate surface area is 90.3 Å². The normalized spacial score (nSPS) is 10.1. The molecule has 2 aromatic rings. The second-order valence-electron chi connectivity index (χ2n) is 2.61. The average molecular weight is 227 g/mol. The lowest BCUT2D eigenvalue weighted by atomic mass is 10.3. The number of anilines is 1. The Morgan fingerprint density at radius 1 is 1.29 bits per heavy atom. The quantitative estimate of drug-likeness (QED) is 0.872. The van der Waals surface area contributed by atoms with Crippen LogP contribution in [0.3, 0.4) is 0 Å². The van der Waals surface area contributed by atoms with E-state index in [1.54, 1.807) is 12.4 Å². The Hall–Kier alpha value is -1.20. The largest absolute Gasteiger partial charge is 0.363 e. The molecule has 2 heterocycles. The zero-order valence-corrected chi connectivity index (χ0v) is 8.72. The minimum absolute atomic E-state index is 0.420. The number of pyridine rings is 1. The lowest BCUT2D eigenvalue weighted by Gasteiger charge is -2.01. The van der Waals surface area contributed by atoms with Crippen molar-refractivity contribution in [1.29, 1.82) is 0 Å². The van der Waals surface area contributed by atoms with E-state index >= 15 is 0 Å². The lowest BCUT2D eigenvalue weighted by Crippen LogP contribution is -1.99. The second-order valence-corrected chi connectivity index (χ2v) is 3.50. The average Bonchev–Trinajstić information content (AvgIpc) is 2.63. The molecule has 4 nitrogen and oxygen atoms in total. The molecule has 0 bridgehead atoms. The fraction of sp³-hybridized carbons (Fsp3) is 0.125. The Bertz CT molecular complexity index is 403. The molecule has 14 heavy (non-hydrogen) atoms. The second kappa shape index (κ2) is 4.34. The molecule has 6 heteroatoms. The number of halogens is 1. The predicted molar refractivity (Wildman–Crippen MR) is 56.5 cm³/mol. The van der Waals surface area contributed by atoms with E-state index in [2.05, 4.69) is 19.0 Å². The van der Waals surface area contributed by atoms with Gasteiger partial charge in [0, 0.05) is 18.9 Å². The molecule has 0 aliphatic heterocycles. The van der Waals surface area contributed by atoms with Gasteiger partial charge >= 0.3 is 0 Å². The van der Waals surface area contributed by atoms with Crippen molar-refractivity contribution < 1.29 is 0 Å². The first kappa shape index (κ1) is 9.36. The van der Waals surface area contributed by atoms with Crippen LogP contribution in [-0.4, -0.2) is 13.7 Å². The summed E-state index contributed by atoms with van der Waals surface area (Å²) in [6, 6.07) is 3.86. The highest BCUT2D eigenvalue weighted by Gasteiger charge is 2.03. The van der Waals surface area contributed by atoms with Gasteiger partial charge in [0.25, 0.3) is 0 Å². The number of hydrogen-bond donors (Lipinski definition) is 1. The van der Waals surface area contributed by atoms with Gasteiger partial charge in [0.05, 0.1) is 11.7 Å². The predicted octanol–water partition coefficient (Wildman–Crippen LogP) is 2.20. The molecule has 0 unspecified atom stereocenters. The molecule has 1 N–H and O–H groups in total. The van der Waals surface area contributed by atoms with Crippen LogP contribution in [0.4, 0.5) is 5.82 Å². The third-order valence-corrected chi connectivity index (χ3v) is 2.55. The van der Waals surface area contributed by atoms with Gasteiger partial charge in [-0.3, -0.25) is 4.98 Å². The van der Waals surface area contributed by atoms with Gasteiger partial charge in [0.2, 0.25) is 0 Å². The minimum atomic E-state index is 0.420. The molecule has 0 aliphatic carbocycles. The maximum Gasteiger partial charge on any atom is 0.186 e. The molecule has 0 atom stereocenters. The van der Waals surface area contributed by atoms with Crippen LogP contribution in [0.2, 0.25) is 5.15 Å². The maximum atomic E-state index is 5.77. The molecule has 0 radical (unpaired) electrons. The number of aromatic nitrogens is 3. The fourth-order valence-corrected chi connectivity index (χ4v) is 1.65. The van der Waals surface area contributed by atoms with Gasteiger partial charge < -0.3 is 5.32 Å². The van der Waals surface area contributed by atoms with Crippen LogP contribution in [0.1, 0.15) is 5.56 Å². The summed E-state index contributed by atoms with van der Waals surface area (Å²) in [5.41, 5.74) is 1.13. The zero-order valence-electron chi connectivity index (χ0n) is 7.14. The molecule has 72 valence electrons. The van der Waals surface area contributed by atoms with E-state index in [-0.39, 0.29) is 0 Å². The summed E-state index contributed by atoms with van der Waals surface area (Å²) < 4.78 is 7.85. The molecule has 0 aromatic carbocycles. The van der Waals surface area contributed by atoms with Crippen molar-refractivity contribution in [2.45, 2.75) is 6.54 Å². The van der Waals surface area contributed by atoms with Gasteiger partial charge in [-0.25, -0.2) is 0 Å². The van der Waals surface area contributed by atoms with Crippen LogP contribution >= 0.6 is 23.3 Å². The van der Waals surface area contributed by atoms with Crippen LogP contribution in [0.5, 0.6) is 0 Å². The smallest absolute Gasteiger partial charge is 0.186 e. The molecule has 0 aliphatic rings. The van der Waals surface area contributed by atoms with E-state index in [1.165, 1.54) is 0 Å². The van der Waals surface area contributed by atoms with Gasteiger partial charge in [-0.1, -0.05) is 11.6 Å². The molecular formula is C8H7ClN4S. The Balaban J connectivity index is 1.99. The van der Waals surface area contributed by atoms with Crippen LogP contribution in [0.15, 0.2) is 24.5 Å². The molecule has 2 rings (SSSR count). The molecule has 0 saturated carbocycles. The van der Waals surface area contributed by atoms with Crippen LogP contribution in [0, 0.1) is 0 Å². The van der Waals surface area contributed by atoms with Gasteiger partial charge in [-0.05, 0) is 17.7 Å². The molecule has 0 spiro atoms. The molecule has 0 saturated heterocycles. The molecule has 0 fully saturated rings. The van der Waals surface area contributed by atoms with Crippen LogP contribution in [0.25, 0.3) is 0 Å². The topological polar surface area (TPSA) is 50.7 Å². The van der Waals surface area contributed by atoms with Crippen molar-refractivity contribution >= 4 is 29.1 Å². The minimum Gasteiger partial charge on any atom is -0.363 e. The first-order valence-corrected chi connectivity index (χ1v) is 5.08. The van der Waals surface area contributed by atoms with E-state index in [1.807, 2.05) is 12.1 Å². The zero-order chi connectivity index (χ0) is 9.80. The van der Waals surface area contributed by atoms with Gasteiger partial charge in [0.15, 0.2) is 11.0 Å². The summed E-state index contributed by atoms with van der Waals surface area (Å²) in [6.45, 7) is 0.674. The fourth-order valence-electron chi connectivity index (χ4n) is 0.970. The summed E-state index contributed by atoms with van der Waals surface area (Å²) >= 11 is 6.86. The first-order valence-electron chi connectivity index (χ1n) is 3.97. The monoisotopic (exact) mass is 226 g/mol. The number of nitrogens with one attached hydrogen (secondary N) is 1. The molecule has 2 aromatic heterocycles. The molecular weight excluding hydrogens is 220 g/mol. The van der Waals surface area contributed by atoms with Gasteiger partial charge in [0.1, 0.15) is 0 Å². The summed E-state index contributed by atoms with van der Waals surface area (Å²) in [4.78, 5) is 3.93. The number of rotatable bonds is 3. The van der Waals surface area contributed by atoms with Crippen molar-refractivity contribution in [3.05, 3.63) is 35.2 Å². The van der Waals surface area contributed by atoms with Crippen molar-refractivity contribution in [3.63, 3.8) is 0 Å². The van der Waals surface area contributed by atoms with E-state index in [0.29, 0.717) is 17.5 Å². The standard InChI is InChI=1S/C8H7ClN4S/c9-7-8(13-14-12-7)11-5-6-1-3-10-4-2-6/h1-4H,5H2,(H,11,13). The van der Waals surface area contributed by atoms with Crippen molar-refractivity contribution in [1.82, 2.24) is 13.7 Å². The number of nitrogens with zero attached hydrogens (tertiary/aromatic N) is 3. The molecule has 0 amide bonds. The Morgan fingerprint density at radius 3 is 2.71 bits per heavy atom. The summed E-state index contributed by atoms with van der Waals surface area (Å²) in [5.74, 6) is 0.633. The van der Waals surface area contributed by atoms with Gasteiger partial charge in [-0.2, -0.15) is 8.75 Å². The summed E-state index contributed by atoms with van der Waals surface area (Å²) in [6.07, 6.45) is 3.50. The van der Waals surface area contributed by atoms with Crippen LogP contribution in [-0.2, 0) is 6.54 Å². The highest BCUT2D eigenvalue weighted by Crippen LogP contribution is 2.18. The summed E-state index contributed by atoms with van der Waals surface area (Å²) in [7, 11) is 0. The summed E-state index contributed by atoms with van der Waals surface area (Å²) in [5, 5.41) is 3.51. The Kier molecular flexibility index (Phi) is 2.90.